The number of benzene rings is 1. The zero-order chi connectivity index (χ0) is 17.8. The topological polar surface area (TPSA) is 59.0 Å². The average Bonchev–Trinajstić information content (AvgIpc) is 3.05. The van der Waals surface area contributed by atoms with E-state index in [9.17, 15) is 9.18 Å². The van der Waals surface area contributed by atoms with E-state index in [1.165, 1.54) is 17.3 Å². The smallest absolute Gasteiger partial charge is 0.237 e. The van der Waals surface area contributed by atoms with Gasteiger partial charge in [-0.3, -0.25) is 14.8 Å². The Morgan fingerprint density at radius 1 is 1.44 bits per heavy atom. The van der Waals surface area contributed by atoms with Crippen molar-refractivity contribution in [3.05, 3.63) is 53.1 Å². The quantitative estimate of drug-likeness (QED) is 0.847. The molecule has 1 amide bonds. The summed E-state index contributed by atoms with van der Waals surface area (Å²) in [5.41, 5.74) is 2.96. The van der Waals surface area contributed by atoms with Gasteiger partial charge in [0.25, 0.3) is 0 Å². The molecule has 0 saturated carbocycles. The molecule has 0 fully saturated rings. The third-order valence-electron chi connectivity index (χ3n) is 4.82. The maximum atomic E-state index is 13.6. The standard InChI is InChI=1S/C19H25FN4O/c1-3-24-18-10-6-9-17(15(18)12-22-24)23-13(2)19(25)21-11-14-7-4-5-8-16(14)20/h4-5,7-8,12-13,17,23H,3,6,9-11H2,1-2H3,(H,21,25)/t13-,17-/m0/s1. The van der Waals surface area contributed by atoms with E-state index in [1.54, 1.807) is 18.2 Å². The Morgan fingerprint density at radius 3 is 3.00 bits per heavy atom. The van der Waals surface area contributed by atoms with Crippen molar-refractivity contribution in [3.63, 3.8) is 0 Å². The lowest BCUT2D eigenvalue weighted by Crippen LogP contribution is -2.44. The molecular weight excluding hydrogens is 319 g/mol. The molecule has 0 spiro atoms. The molecule has 25 heavy (non-hydrogen) atoms. The summed E-state index contributed by atoms with van der Waals surface area (Å²) in [4.78, 5) is 12.4. The number of aryl methyl sites for hydroxylation is 1. The Hall–Kier alpha value is -2.21. The Labute approximate surface area is 147 Å². The second-order valence-corrected chi connectivity index (χ2v) is 6.50. The Balaban J connectivity index is 1.59. The van der Waals surface area contributed by atoms with Gasteiger partial charge in [0, 0.05) is 36.0 Å². The molecule has 2 N–H and O–H groups in total. The minimum atomic E-state index is -0.354. The van der Waals surface area contributed by atoms with Crippen molar-refractivity contribution < 1.29 is 9.18 Å². The molecule has 0 unspecified atom stereocenters. The van der Waals surface area contributed by atoms with E-state index < -0.39 is 0 Å². The molecule has 0 saturated heterocycles. The molecule has 1 aromatic carbocycles. The van der Waals surface area contributed by atoms with Gasteiger partial charge in [0.15, 0.2) is 0 Å². The van der Waals surface area contributed by atoms with Gasteiger partial charge in [0.2, 0.25) is 5.91 Å². The maximum Gasteiger partial charge on any atom is 0.237 e. The molecule has 6 heteroatoms. The number of rotatable bonds is 6. The SMILES string of the molecule is CCn1ncc2c1CCC[C@@H]2N[C@@H](C)C(=O)NCc1ccccc1F. The fourth-order valence-electron chi connectivity index (χ4n) is 3.42. The first-order chi connectivity index (χ1) is 12.1. The van der Waals surface area contributed by atoms with Crippen LogP contribution in [-0.2, 0) is 24.3 Å². The molecule has 0 aliphatic heterocycles. The van der Waals surface area contributed by atoms with Crippen LogP contribution in [0.25, 0.3) is 0 Å². The monoisotopic (exact) mass is 344 g/mol. The van der Waals surface area contributed by atoms with E-state index >= 15 is 0 Å². The number of hydrogen-bond donors (Lipinski definition) is 2. The summed E-state index contributed by atoms with van der Waals surface area (Å²) in [5.74, 6) is -0.425. The zero-order valence-electron chi connectivity index (χ0n) is 14.8. The van der Waals surface area contributed by atoms with Gasteiger partial charge in [0.1, 0.15) is 5.82 Å². The van der Waals surface area contributed by atoms with E-state index in [2.05, 4.69) is 22.7 Å². The van der Waals surface area contributed by atoms with Gasteiger partial charge in [-0.15, -0.1) is 0 Å². The van der Waals surface area contributed by atoms with Crippen LogP contribution in [-0.4, -0.2) is 21.7 Å². The number of halogens is 1. The Morgan fingerprint density at radius 2 is 2.24 bits per heavy atom. The second kappa shape index (κ2) is 7.78. The van der Waals surface area contributed by atoms with Crippen molar-refractivity contribution in [3.8, 4) is 0 Å². The number of carbonyl (C=O) groups excluding carboxylic acids is 1. The number of nitrogens with one attached hydrogen (secondary N) is 2. The van der Waals surface area contributed by atoms with Crippen LogP contribution in [0.2, 0.25) is 0 Å². The predicted octanol–water partition coefficient (Wildman–Crippen LogP) is 2.71. The van der Waals surface area contributed by atoms with Crippen LogP contribution in [0.15, 0.2) is 30.5 Å². The number of hydrogen-bond acceptors (Lipinski definition) is 3. The van der Waals surface area contributed by atoms with Gasteiger partial charge in [0.05, 0.1) is 12.2 Å². The summed E-state index contributed by atoms with van der Waals surface area (Å²) in [6.07, 6.45) is 5.03. The minimum Gasteiger partial charge on any atom is -0.351 e. The fraction of sp³-hybridized carbons (Fsp3) is 0.474. The van der Waals surface area contributed by atoms with Crippen molar-refractivity contribution in [1.82, 2.24) is 20.4 Å². The van der Waals surface area contributed by atoms with E-state index in [0.717, 1.165) is 25.8 Å². The normalized spacial score (nSPS) is 17.8. The number of nitrogens with zero attached hydrogens (tertiary/aromatic N) is 2. The molecule has 1 aliphatic carbocycles. The molecular formula is C19H25FN4O. The number of amides is 1. The van der Waals surface area contributed by atoms with E-state index in [-0.39, 0.29) is 30.4 Å². The van der Waals surface area contributed by atoms with Gasteiger partial charge in [-0.05, 0) is 39.2 Å². The molecule has 1 heterocycles. The molecule has 2 aromatic rings. The number of fused-ring (bicyclic) bond motifs is 1. The minimum absolute atomic E-state index is 0.127. The molecule has 3 rings (SSSR count). The second-order valence-electron chi connectivity index (χ2n) is 6.50. The highest BCUT2D eigenvalue weighted by Gasteiger charge is 2.26. The van der Waals surface area contributed by atoms with E-state index in [1.807, 2.05) is 17.8 Å². The largest absolute Gasteiger partial charge is 0.351 e. The summed E-state index contributed by atoms with van der Waals surface area (Å²) in [5, 5.41) is 10.7. The first-order valence-electron chi connectivity index (χ1n) is 8.92. The maximum absolute atomic E-state index is 13.6. The third-order valence-corrected chi connectivity index (χ3v) is 4.82. The molecule has 0 bridgehead atoms. The van der Waals surface area contributed by atoms with Crippen LogP contribution in [0.3, 0.4) is 0 Å². The molecule has 1 aromatic heterocycles. The van der Waals surface area contributed by atoms with Crippen molar-refractivity contribution in [2.75, 3.05) is 0 Å². The van der Waals surface area contributed by atoms with Crippen LogP contribution >= 0.6 is 0 Å². The predicted molar refractivity (Wildman–Crippen MR) is 94.4 cm³/mol. The zero-order valence-corrected chi connectivity index (χ0v) is 14.8. The molecule has 134 valence electrons. The molecule has 5 nitrogen and oxygen atoms in total. The van der Waals surface area contributed by atoms with Gasteiger partial charge in [-0.2, -0.15) is 5.10 Å². The van der Waals surface area contributed by atoms with E-state index in [4.69, 9.17) is 0 Å². The highest BCUT2D eigenvalue weighted by Crippen LogP contribution is 2.29. The van der Waals surface area contributed by atoms with Crippen molar-refractivity contribution in [2.24, 2.45) is 0 Å². The highest BCUT2D eigenvalue weighted by atomic mass is 19.1. The summed E-state index contributed by atoms with van der Waals surface area (Å²) in [6.45, 7) is 4.99. The van der Waals surface area contributed by atoms with Crippen molar-refractivity contribution >= 4 is 5.91 Å². The lowest BCUT2D eigenvalue weighted by Gasteiger charge is -2.27. The highest BCUT2D eigenvalue weighted by molar-refractivity contribution is 5.81. The van der Waals surface area contributed by atoms with Crippen molar-refractivity contribution in [2.45, 2.75) is 58.3 Å². The first-order valence-corrected chi connectivity index (χ1v) is 8.92. The average molecular weight is 344 g/mol. The summed E-state index contributed by atoms with van der Waals surface area (Å²) >= 11 is 0. The molecule has 0 radical (unpaired) electrons. The Kier molecular flexibility index (Phi) is 5.48. The summed E-state index contributed by atoms with van der Waals surface area (Å²) in [7, 11) is 0. The van der Waals surface area contributed by atoms with Gasteiger partial charge in [-0.1, -0.05) is 18.2 Å². The van der Waals surface area contributed by atoms with Crippen LogP contribution in [0.5, 0.6) is 0 Å². The lowest BCUT2D eigenvalue weighted by atomic mass is 9.92. The van der Waals surface area contributed by atoms with Crippen molar-refractivity contribution in [1.29, 1.82) is 0 Å². The number of carbonyl (C=O) groups is 1. The van der Waals surface area contributed by atoms with Gasteiger partial charge < -0.3 is 5.32 Å². The lowest BCUT2D eigenvalue weighted by molar-refractivity contribution is -0.123. The van der Waals surface area contributed by atoms with Crippen LogP contribution in [0.1, 0.15) is 49.6 Å². The summed E-state index contributed by atoms with van der Waals surface area (Å²) < 4.78 is 15.7. The first kappa shape index (κ1) is 17.6. The van der Waals surface area contributed by atoms with Crippen LogP contribution in [0.4, 0.5) is 4.39 Å². The fourth-order valence-corrected chi connectivity index (χ4v) is 3.42. The third kappa shape index (κ3) is 3.90. The number of aromatic nitrogens is 2. The van der Waals surface area contributed by atoms with Gasteiger partial charge in [-0.25, -0.2) is 4.39 Å². The molecule has 1 aliphatic rings. The Bertz CT molecular complexity index is 743. The van der Waals surface area contributed by atoms with Gasteiger partial charge >= 0.3 is 0 Å². The van der Waals surface area contributed by atoms with Crippen LogP contribution in [0, 0.1) is 5.82 Å². The summed E-state index contributed by atoms with van der Waals surface area (Å²) in [6, 6.07) is 6.27. The molecule has 2 atom stereocenters. The van der Waals surface area contributed by atoms with E-state index in [0.29, 0.717) is 5.56 Å². The van der Waals surface area contributed by atoms with Crippen LogP contribution < -0.4 is 10.6 Å².